The number of aromatic nitrogens is 3. The molecule has 4 heteroatoms. The van der Waals surface area contributed by atoms with Gasteiger partial charge in [-0.15, -0.1) is 0 Å². The average molecular weight is 650 g/mol. The van der Waals surface area contributed by atoms with Gasteiger partial charge in [0.2, 0.25) is 0 Å². The zero-order chi connectivity index (χ0) is 33.5. The lowest BCUT2D eigenvalue weighted by Crippen LogP contribution is -2.00. The summed E-state index contributed by atoms with van der Waals surface area (Å²) in [5.74, 6) is 1.85. The van der Waals surface area contributed by atoms with Crippen LogP contribution in [-0.2, 0) is 0 Å². The Bertz CT molecular complexity index is 3050. The number of nitrogens with zero attached hydrogens (tertiary/aromatic N) is 3. The minimum absolute atomic E-state index is 0.605. The Labute approximate surface area is 293 Å². The second-order valence-corrected chi connectivity index (χ2v) is 13.2. The number of hydrogen-bond acceptors (Lipinski definition) is 4. The zero-order valence-electron chi connectivity index (χ0n) is 27.3. The van der Waals surface area contributed by atoms with Gasteiger partial charge in [-0.3, -0.25) is 0 Å². The van der Waals surface area contributed by atoms with Crippen LogP contribution in [0.25, 0.3) is 111 Å². The first-order chi connectivity index (χ1) is 25.2. The molecule has 8 aromatic carbocycles. The predicted molar refractivity (Wildman–Crippen MR) is 208 cm³/mol. The van der Waals surface area contributed by atoms with Crippen LogP contribution in [0.15, 0.2) is 168 Å². The van der Waals surface area contributed by atoms with Gasteiger partial charge >= 0.3 is 0 Å². The summed E-state index contributed by atoms with van der Waals surface area (Å²) in [7, 11) is 0. The number of hydrogen-bond donors (Lipinski definition) is 0. The summed E-state index contributed by atoms with van der Waals surface area (Å²) in [4.78, 5) is 15.5. The van der Waals surface area contributed by atoms with E-state index in [4.69, 9.17) is 19.4 Å². The molecule has 0 aliphatic heterocycles. The van der Waals surface area contributed by atoms with E-state index < -0.39 is 0 Å². The van der Waals surface area contributed by atoms with Crippen LogP contribution in [0.2, 0.25) is 0 Å². The van der Waals surface area contributed by atoms with E-state index in [9.17, 15) is 0 Å². The molecule has 51 heavy (non-hydrogen) atoms. The summed E-state index contributed by atoms with van der Waals surface area (Å²) >= 11 is 0. The van der Waals surface area contributed by atoms with Gasteiger partial charge in [0.05, 0.1) is 0 Å². The van der Waals surface area contributed by atoms with Gasteiger partial charge in [0.1, 0.15) is 11.2 Å². The van der Waals surface area contributed by atoms with E-state index in [2.05, 4.69) is 133 Å². The highest BCUT2D eigenvalue weighted by Gasteiger charge is 2.22. The second-order valence-electron chi connectivity index (χ2n) is 13.2. The Balaban J connectivity index is 1.11. The van der Waals surface area contributed by atoms with Gasteiger partial charge in [0.15, 0.2) is 17.5 Å². The Kier molecular flexibility index (Phi) is 5.92. The van der Waals surface area contributed by atoms with E-state index >= 15 is 0 Å². The molecule has 0 N–H and O–H groups in total. The molecule has 236 valence electrons. The van der Waals surface area contributed by atoms with Crippen LogP contribution in [0.3, 0.4) is 0 Å². The monoisotopic (exact) mass is 649 g/mol. The molecule has 10 aromatic rings. The van der Waals surface area contributed by atoms with Crippen molar-refractivity contribution in [3.05, 3.63) is 164 Å². The van der Waals surface area contributed by atoms with E-state index in [1.54, 1.807) is 0 Å². The van der Waals surface area contributed by atoms with Crippen LogP contribution >= 0.6 is 0 Å². The maximum absolute atomic E-state index is 6.26. The Morgan fingerprint density at radius 2 is 0.922 bits per heavy atom. The third-order valence-electron chi connectivity index (χ3n) is 10.2. The standard InChI is InChI=1S/C47H27N3O/c1-2-11-29-24-33(23-22-28(29)10-1)46-48-45(49-47(50-46)39-19-9-21-42-44(39)38-17-5-6-20-41(38)51-42)32-14-7-12-30(25-32)34-26-31-13-8-18-37-35-15-3-4-16-36(35)40(27-34)43(31)37/h1-27H. The highest BCUT2D eigenvalue weighted by atomic mass is 16.3. The molecule has 0 spiro atoms. The summed E-state index contributed by atoms with van der Waals surface area (Å²) in [6, 6.07) is 57.5. The molecule has 2 heterocycles. The molecule has 1 aliphatic carbocycles. The molecule has 1 aliphatic rings. The lowest BCUT2D eigenvalue weighted by molar-refractivity contribution is 0.669. The SMILES string of the molecule is c1cc(-c2cc3c4c(cccc4c2)-c2ccccc2-3)cc(-c2nc(-c3ccc4ccccc4c3)nc(-c3cccc4oc5ccccc5c34)n2)c1. The molecule has 0 saturated heterocycles. The van der Waals surface area contributed by atoms with Crippen LogP contribution in [-0.4, -0.2) is 15.0 Å². The predicted octanol–water partition coefficient (Wildman–Crippen LogP) is 12.4. The molecule has 0 radical (unpaired) electrons. The average Bonchev–Trinajstić information content (AvgIpc) is 3.74. The summed E-state index contributed by atoms with van der Waals surface area (Å²) in [5.41, 5.74) is 11.8. The van der Waals surface area contributed by atoms with Gasteiger partial charge in [-0.05, 0) is 91.3 Å². The van der Waals surface area contributed by atoms with Crippen LogP contribution < -0.4 is 0 Å². The molecule has 2 aromatic heterocycles. The largest absolute Gasteiger partial charge is 0.456 e. The first-order valence-electron chi connectivity index (χ1n) is 17.2. The summed E-state index contributed by atoms with van der Waals surface area (Å²) in [6.07, 6.45) is 0. The van der Waals surface area contributed by atoms with Crippen LogP contribution in [0, 0.1) is 0 Å². The summed E-state index contributed by atoms with van der Waals surface area (Å²) in [6.45, 7) is 0. The van der Waals surface area contributed by atoms with E-state index in [0.29, 0.717) is 17.5 Å². The second kappa shape index (κ2) is 10.8. The topological polar surface area (TPSA) is 51.8 Å². The minimum atomic E-state index is 0.605. The normalized spacial score (nSPS) is 11.9. The molecule has 0 fully saturated rings. The number of fused-ring (bicyclic) bond motifs is 7. The maximum atomic E-state index is 6.26. The van der Waals surface area contributed by atoms with Crippen molar-refractivity contribution in [2.45, 2.75) is 0 Å². The van der Waals surface area contributed by atoms with E-state index in [-0.39, 0.29) is 0 Å². The lowest BCUT2D eigenvalue weighted by Gasteiger charge is -2.12. The van der Waals surface area contributed by atoms with Gasteiger partial charge < -0.3 is 4.42 Å². The quantitative estimate of drug-likeness (QED) is 0.190. The maximum Gasteiger partial charge on any atom is 0.164 e. The Morgan fingerprint density at radius 3 is 1.82 bits per heavy atom. The van der Waals surface area contributed by atoms with Gasteiger partial charge in [-0.1, -0.05) is 127 Å². The number of para-hydroxylation sites is 1. The fourth-order valence-electron chi connectivity index (χ4n) is 7.87. The van der Waals surface area contributed by atoms with Crippen molar-refractivity contribution in [3.63, 3.8) is 0 Å². The molecule has 0 saturated carbocycles. The van der Waals surface area contributed by atoms with Crippen LogP contribution in [0.4, 0.5) is 0 Å². The highest BCUT2D eigenvalue weighted by molar-refractivity contribution is 6.16. The zero-order valence-corrected chi connectivity index (χ0v) is 27.3. The third kappa shape index (κ3) is 4.37. The van der Waals surface area contributed by atoms with Crippen molar-refractivity contribution in [3.8, 4) is 67.5 Å². The molecule has 0 bridgehead atoms. The first kappa shape index (κ1) is 28.0. The fraction of sp³-hybridized carbons (Fsp3) is 0. The van der Waals surface area contributed by atoms with Crippen molar-refractivity contribution in [1.29, 1.82) is 0 Å². The molecule has 0 atom stereocenters. The number of rotatable bonds is 4. The summed E-state index contributed by atoms with van der Waals surface area (Å²) in [5, 5.41) is 6.90. The van der Waals surface area contributed by atoms with E-state index in [1.165, 1.54) is 38.4 Å². The Hall–Kier alpha value is -6.91. The van der Waals surface area contributed by atoms with Gasteiger partial charge in [0, 0.05) is 27.5 Å². The van der Waals surface area contributed by atoms with Crippen molar-refractivity contribution < 1.29 is 4.42 Å². The van der Waals surface area contributed by atoms with Crippen molar-refractivity contribution in [1.82, 2.24) is 15.0 Å². The molecular formula is C47H27N3O. The van der Waals surface area contributed by atoms with Gasteiger partial charge in [-0.25, -0.2) is 15.0 Å². The van der Waals surface area contributed by atoms with Gasteiger partial charge in [0.25, 0.3) is 0 Å². The number of furan rings is 1. The number of benzene rings is 8. The van der Waals surface area contributed by atoms with E-state index in [1.807, 2.05) is 30.3 Å². The molecule has 4 nitrogen and oxygen atoms in total. The minimum Gasteiger partial charge on any atom is -0.456 e. The molecular weight excluding hydrogens is 623 g/mol. The van der Waals surface area contributed by atoms with Crippen LogP contribution in [0.1, 0.15) is 0 Å². The molecule has 0 unspecified atom stereocenters. The first-order valence-corrected chi connectivity index (χ1v) is 17.2. The smallest absolute Gasteiger partial charge is 0.164 e. The summed E-state index contributed by atoms with van der Waals surface area (Å²) < 4.78 is 6.26. The molecule has 0 amide bonds. The van der Waals surface area contributed by atoms with Gasteiger partial charge in [-0.2, -0.15) is 0 Å². The third-order valence-corrected chi connectivity index (χ3v) is 10.2. The fourth-order valence-corrected chi connectivity index (χ4v) is 7.87. The van der Waals surface area contributed by atoms with Crippen molar-refractivity contribution in [2.75, 3.05) is 0 Å². The van der Waals surface area contributed by atoms with Crippen molar-refractivity contribution in [2.24, 2.45) is 0 Å². The van der Waals surface area contributed by atoms with Crippen LogP contribution in [0.5, 0.6) is 0 Å². The molecule has 11 rings (SSSR count). The van der Waals surface area contributed by atoms with E-state index in [0.717, 1.165) is 55.1 Å². The van der Waals surface area contributed by atoms with Crippen molar-refractivity contribution >= 4 is 43.5 Å². The Morgan fingerprint density at radius 1 is 0.314 bits per heavy atom. The highest BCUT2D eigenvalue weighted by Crippen LogP contribution is 2.48. The lowest BCUT2D eigenvalue weighted by atomic mass is 9.95.